The average Bonchev–Trinajstić information content (AvgIpc) is 2.89. The van der Waals surface area contributed by atoms with E-state index < -0.39 is 0 Å². The Hall–Kier alpha value is -0.690. The summed E-state index contributed by atoms with van der Waals surface area (Å²) in [4.78, 5) is 11.4. The smallest absolute Gasteiger partial charge is 0.137 e. The van der Waals surface area contributed by atoms with Crippen molar-refractivity contribution in [3.63, 3.8) is 0 Å². The van der Waals surface area contributed by atoms with Crippen LogP contribution in [0, 0.1) is 5.92 Å². The Labute approximate surface area is 219 Å². The van der Waals surface area contributed by atoms with Crippen LogP contribution in [-0.4, -0.2) is 125 Å². The van der Waals surface area contributed by atoms with Crippen molar-refractivity contribution in [2.45, 2.75) is 41.0 Å². The summed E-state index contributed by atoms with van der Waals surface area (Å²) in [5.41, 5.74) is 0. The molecule has 218 valence electrons. The molecular formula is C26H55NO9. The largest absolute Gasteiger partial charge is 0.379 e. The zero-order valence-electron chi connectivity index (χ0n) is 23.7. The second-order valence-electron chi connectivity index (χ2n) is 7.62. The predicted molar refractivity (Wildman–Crippen MR) is 141 cm³/mol. The van der Waals surface area contributed by atoms with Gasteiger partial charge in [-0.1, -0.05) is 34.6 Å². The number of Topliss-reactive ketones (excluding diaryl/α,β-unsaturated/α-hetero) is 1. The number of hydrogen-bond acceptors (Lipinski definition) is 10. The van der Waals surface area contributed by atoms with Crippen LogP contribution >= 0.6 is 0 Å². The van der Waals surface area contributed by atoms with E-state index in [2.05, 4.69) is 12.2 Å². The summed E-state index contributed by atoms with van der Waals surface area (Å²) in [7, 11) is 0. The molecule has 1 N–H and O–H groups in total. The zero-order chi connectivity index (χ0) is 27.0. The highest BCUT2D eigenvalue weighted by Crippen LogP contribution is 1.98. The zero-order valence-corrected chi connectivity index (χ0v) is 23.7. The van der Waals surface area contributed by atoms with Gasteiger partial charge in [-0.2, -0.15) is 0 Å². The van der Waals surface area contributed by atoms with E-state index >= 15 is 0 Å². The molecule has 0 aromatic carbocycles. The van der Waals surface area contributed by atoms with Crippen LogP contribution < -0.4 is 5.32 Å². The van der Waals surface area contributed by atoms with Gasteiger partial charge >= 0.3 is 0 Å². The van der Waals surface area contributed by atoms with E-state index in [1.807, 2.05) is 27.7 Å². The van der Waals surface area contributed by atoms with E-state index in [1.54, 1.807) is 0 Å². The molecule has 0 radical (unpaired) electrons. The van der Waals surface area contributed by atoms with E-state index in [4.69, 9.17) is 37.9 Å². The van der Waals surface area contributed by atoms with Crippen molar-refractivity contribution in [2.24, 2.45) is 5.92 Å². The predicted octanol–water partition coefficient (Wildman–Crippen LogP) is 2.37. The van der Waals surface area contributed by atoms with E-state index in [0.29, 0.717) is 112 Å². The van der Waals surface area contributed by atoms with Crippen LogP contribution in [0.5, 0.6) is 0 Å². The monoisotopic (exact) mass is 525 g/mol. The molecule has 0 atom stereocenters. The van der Waals surface area contributed by atoms with Crippen molar-refractivity contribution in [1.82, 2.24) is 5.32 Å². The number of rotatable bonds is 29. The Kier molecular flexibility index (Phi) is 35.7. The fourth-order valence-corrected chi connectivity index (χ4v) is 2.42. The van der Waals surface area contributed by atoms with Crippen LogP contribution in [0.15, 0.2) is 0 Å². The van der Waals surface area contributed by atoms with Crippen molar-refractivity contribution >= 4 is 5.78 Å². The summed E-state index contributed by atoms with van der Waals surface area (Å²) in [5, 5.41) is 3.19. The second-order valence-corrected chi connectivity index (χ2v) is 7.62. The fourth-order valence-electron chi connectivity index (χ4n) is 2.42. The number of carbonyl (C=O) groups is 1. The van der Waals surface area contributed by atoms with Gasteiger partial charge in [-0.15, -0.1) is 0 Å². The molecule has 0 saturated carbocycles. The molecule has 0 aliphatic rings. The highest BCUT2D eigenvalue weighted by atomic mass is 16.6. The normalized spacial score (nSPS) is 11.1. The summed E-state index contributed by atoms with van der Waals surface area (Å²) in [6.07, 6.45) is 0.462. The van der Waals surface area contributed by atoms with Gasteiger partial charge in [0.1, 0.15) is 5.78 Å². The lowest BCUT2D eigenvalue weighted by atomic mass is 10.1. The first-order valence-corrected chi connectivity index (χ1v) is 13.5. The Bertz CT molecular complexity index is 415. The lowest BCUT2D eigenvalue weighted by molar-refractivity contribution is -0.123. The molecule has 0 heterocycles. The Morgan fingerprint density at radius 1 is 0.528 bits per heavy atom. The first-order chi connectivity index (χ1) is 17.7. The van der Waals surface area contributed by atoms with E-state index in [0.717, 1.165) is 13.1 Å². The van der Waals surface area contributed by atoms with Crippen molar-refractivity contribution in [2.75, 3.05) is 119 Å². The van der Waals surface area contributed by atoms with Crippen molar-refractivity contribution in [3.8, 4) is 0 Å². The van der Waals surface area contributed by atoms with E-state index in [9.17, 15) is 4.79 Å². The van der Waals surface area contributed by atoms with Crippen LogP contribution in [0.25, 0.3) is 0 Å². The molecule has 0 aliphatic heterocycles. The molecule has 0 rings (SSSR count). The molecule has 0 fully saturated rings. The van der Waals surface area contributed by atoms with Crippen LogP contribution in [0.1, 0.15) is 41.0 Å². The molecule has 36 heavy (non-hydrogen) atoms. The molecule has 10 heteroatoms. The lowest BCUT2D eigenvalue weighted by Gasteiger charge is -2.09. The van der Waals surface area contributed by atoms with Crippen molar-refractivity contribution in [3.05, 3.63) is 0 Å². The van der Waals surface area contributed by atoms with Gasteiger partial charge in [0.15, 0.2) is 0 Å². The molecule has 0 unspecified atom stereocenters. The summed E-state index contributed by atoms with van der Waals surface area (Å²) < 4.78 is 43.3. The topological polar surface area (TPSA) is 103 Å². The second kappa shape index (κ2) is 34.3. The van der Waals surface area contributed by atoms with Crippen LogP contribution in [0.4, 0.5) is 0 Å². The van der Waals surface area contributed by atoms with Crippen LogP contribution in [0.3, 0.4) is 0 Å². The number of ether oxygens (including phenoxy) is 8. The number of carbonyl (C=O) groups excluding carboxylic acids is 1. The first-order valence-electron chi connectivity index (χ1n) is 13.5. The van der Waals surface area contributed by atoms with E-state index in [-0.39, 0.29) is 11.7 Å². The van der Waals surface area contributed by atoms with Gasteiger partial charge in [-0.3, -0.25) is 4.79 Å². The lowest BCUT2D eigenvalue weighted by Crippen LogP contribution is -2.20. The summed E-state index contributed by atoms with van der Waals surface area (Å²) >= 11 is 0. The van der Waals surface area contributed by atoms with Gasteiger partial charge in [-0.05, 0) is 6.54 Å². The molecule has 0 amide bonds. The van der Waals surface area contributed by atoms with Gasteiger partial charge in [-0.25, -0.2) is 0 Å². The van der Waals surface area contributed by atoms with Gasteiger partial charge in [0, 0.05) is 18.9 Å². The van der Waals surface area contributed by atoms with Gasteiger partial charge < -0.3 is 43.2 Å². The standard InChI is InChI=1S/C24H49NO9.C2H6/c1-4-25-6-8-28-10-12-30-14-16-32-18-20-34-22-21-33-19-17-31-15-13-29-11-9-27-7-5-24(26)23(2)3;1-2/h23,25H,4-22H2,1-3H3;1-2H3. The quantitative estimate of drug-likeness (QED) is 0.146. The molecule has 0 aromatic rings. The first kappa shape index (κ1) is 37.5. The third-order valence-electron chi connectivity index (χ3n) is 4.41. The molecule has 0 spiro atoms. The molecule has 0 bridgehead atoms. The number of likely N-dealkylation sites (N-methyl/N-ethyl adjacent to an activating group) is 1. The minimum atomic E-state index is 0.0682. The number of hydrogen-bond donors (Lipinski definition) is 1. The maximum atomic E-state index is 11.4. The fraction of sp³-hybridized carbons (Fsp3) is 0.962. The third kappa shape index (κ3) is 33.3. The van der Waals surface area contributed by atoms with E-state index in [1.165, 1.54) is 0 Å². The molecular weight excluding hydrogens is 470 g/mol. The molecule has 10 nitrogen and oxygen atoms in total. The number of nitrogens with one attached hydrogen (secondary N) is 1. The number of ketones is 1. The maximum absolute atomic E-state index is 11.4. The molecule has 0 saturated heterocycles. The molecule has 0 aliphatic carbocycles. The maximum Gasteiger partial charge on any atom is 0.137 e. The van der Waals surface area contributed by atoms with Gasteiger partial charge in [0.2, 0.25) is 0 Å². The summed E-state index contributed by atoms with van der Waals surface area (Å²) in [6.45, 7) is 20.3. The highest BCUT2D eigenvalue weighted by molar-refractivity contribution is 5.80. The van der Waals surface area contributed by atoms with Crippen molar-refractivity contribution < 1.29 is 42.7 Å². The molecule has 0 aromatic heterocycles. The van der Waals surface area contributed by atoms with Crippen molar-refractivity contribution in [1.29, 1.82) is 0 Å². The summed E-state index contributed by atoms with van der Waals surface area (Å²) in [5.74, 6) is 0.293. The minimum absolute atomic E-state index is 0.0682. The van der Waals surface area contributed by atoms with Gasteiger partial charge in [0.25, 0.3) is 0 Å². The SMILES string of the molecule is CC.CCNCCOCCOCCOCCOCCOCCOCCOCCOCCC(=O)C(C)C. The average molecular weight is 526 g/mol. The summed E-state index contributed by atoms with van der Waals surface area (Å²) in [6, 6.07) is 0. The van der Waals surface area contributed by atoms with Crippen LogP contribution in [0.2, 0.25) is 0 Å². The van der Waals surface area contributed by atoms with Crippen LogP contribution in [-0.2, 0) is 42.7 Å². The Morgan fingerprint density at radius 3 is 1.08 bits per heavy atom. The minimum Gasteiger partial charge on any atom is -0.379 e. The third-order valence-corrected chi connectivity index (χ3v) is 4.41. The van der Waals surface area contributed by atoms with Gasteiger partial charge in [0.05, 0.1) is 106 Å². The Balaban J connectivity index is 0. The Morgan fingerprint density at radius 2 is 0.806 bits per heavy atom. The highest BCUT2D eigenvalue weighted by Gasteiger charge is 2.06.